The van der Waals surface area contributed by atoms with Crippen LogP contribution in [0.5, 0.6) is 11.5 Å². The standard InChI is InChI=1S/C33H42FN5O7/c1-33(2,3)46-32(43)35(4)23-16-17-37(19-22(23)34)29-26(45-7)14-12-24-28(29)36(5)31(42)39(24)25-13-15-27(40)38(30(25)41)18-20-8-10-21(44-6)11-9-20/h8-12,14,22-23,25H,13,15-19H2,1-7H3. The molecular weight excluding hydrogens is 597 g/mol. The first kappa shape index (κ1) is 32.8. The molecule has 2 aliphatic heterocycles. The van der Waals surface area contributed by atoms with E-state index in [1.54, 1.807) is 71.3 Å². The quantitative estimate of drug-likeness (QED) is 0.356. The number of carbonyl (C=O) groups is 3. The number of ether oxygens (including phenoxy) is 3. The number of aryl methyl sites for hydroxylation is 1. The van der Waals surface area contributed by atoms with Crippen LogP contribution in [0.1, 0.15) is 51.6 Å². The Morgan fingerprint density at radius 2 is 1.72 bits per heavy atom. The van der Waals surface area contributed by atoms with E-state index < -0.39 is 41.5 Å². The summed E-state index contributed by atoms with van der Waals surface area (Å²) in [6.07, 6.45) is -1.42. The molecule has 46 heavy (non-hydrogen) atoms. The molecule has 3 amide bonds. The molecule has 2 aromatic carbocycles. The van der Waals surface area contributed by atoms with Crippen molar-refractivity contribution < 1.29 is 33.0 Å². The van der Waals surface area contributed by atoms with Crippen molar-refractivity contribution >= 4 is 34.6 Å². The zero-order chi connectivity index (χ0) is 33.5. The summed E-state index contributed by atoms with van der Waals surface area (Å²) in [7, 11) is 6.20. The van der Waals surface area contributed by atoms with Gasteiger partial charge in [-0.2, -0.15) is 0 Å². The number of imidazole rings is 1. The second kappa shape index (κ2) is 12.7. The molecule has 13 heteroatoms. The molecule has 12 nitrogen and oxygen atoms in total. The first-order valence-corrected chi connectivity index (χ1v) is 15.4. The summed E-state index contributed by atoms with van der Waals surface area (Å²) in [5.74, 6) is 0.331. The van der Waals surface area contributed by atoms with Gasteiger partial charge >= 0.3 is 11.8 Å². The Labute approximate surface area is 267 Å². The van der Waals surface area contributed by atoms with Crippen molar-refractivity contribution in [3.05, 3.63) is 52.4 Å². The highest BCUT2D eigenvalue weighted by Crippen LogP contribution is 2.40. The Kier molecular flexibility index (Phi) is 9.05. The fourth-order valence-electron chi connectivity index (χ4n) is 6.35. The van der Waals surface area contributed by atoms with E-state index in [-0.39, 0.29) is 31.8 Å². The number of aromatic nitrogens is 2. The topological polar surface area (TPSA) is 116 Å². The molecular formula is C33H42FN5O7. The van der Waals surface area contributed by atoms with Crippen LogP contribution in [0.4, 0.5) is 14.9 Å². The number of carbonyl (C=O) groups excluding carboxylic acids is 3. The Bertz CT molecular complexity index is 1690. The molecule has 0 bridgehead atoms. The number of methoxy groups -OCH3 is 2. The number of halogens is 1. The number of anilines is 1. The molecule has 2 saturated heterocycles. The van der Waals surface area contributed by atoms with E-state index in [0.717, 1.165) is 5.56 Å². The van der Waals surface area contributed by atoms with Crippen molar-refractivity contribution in [1.29, 1.82) is 0 Å². The van der Waals surface area contributed by atoms with Gasteiger partial charge < -0.3 is 24.0 Å². The molecule has 3 atom stereocenters. The number of rotatable bonds is 7. The van der Waals surface area contributed by atoms with Crippen LogP contribution in [0.15, 0.2) is 41.2 Å². The maximum Gasteiger partial charge on any atom is 0.410 e. The van der Waals surface area contributed by atoms with E-state index in [1.165, 1.54) is 33.1 Å². The van der Waals surface area contributed by atoms with Gasteiger partial charge in [-0.25, -0.2) is 14.0 Å². The van der Waals surface area contributed by atoms with Crippen molar-refractivity contribution in [2.75, 3.05) is 39.3 Å². The highest BCUT2D eigenvalue weighted by Gasteiger charge is 2.40. The molecule has 2 aliphatic rings. The smallest absolute Gasteiger partial charge is 0.410 e. The van der Waals surface area contributed by atoms with Crippen LogP contribution in [0.2, 0.25) is 0 Å². The molecule has 248 valence electrons. The first-order chi connectivity index (χ1) is 21.7. The second-order valence-electron chi connectivity index (χ2n) is 12.8. The minimum atomic E-state index is -1.41. The number of hydrogen-bond acceptors (Lipinski definition) is 8. The number of piperidine rings is 2. The molecule has 0 N–H and O–H groups in total. The predicted octanol–water partition coefficient (Wildman–Crippen LogP) is 4.03. The number of imide groups is 1. The number of benzene rings is 2. The maximum absolute atomic E-state index is 15.8. The van der Waals surface area contributed by atoms with Crippen molar-refractivity contribution in [2.45, 2.75) is 70.4 Å². The van der Waals surface area contributed by atoms with Gasteiger partial charge in [-0.3, -0.25) is 23.6 Å². The van der Waals surface area contributed by atoms with Gasteiger partial charge in [-0.15, -0.1) is 0 Å². The lowest BCUT2D eigenvalue weighted by molar-refractivity contribution is -0.151. The molecule has 3 heterocycles. The zero-order valence-electron chi connectivity index (χ0n) is 27.4. The number of alkyl halides is 1. The first-order valence-electron chi connectivity index (χ1n) is 15.4. The lowest BCUT2D eigenvalue weighted by Gasteiger charge is -2.40. The Morgan fingerprint density at radius 1 is 1.02 bits per heavy atom. The summed E-state index contributed by atoms with van der Waals surface area (Å²) < 4.78 is 35.0. The maximum atomic E-state index is 15.8. The Hall–Kier alpha value is -4.55. The van der Waals surface area contributed by atoms with Gasteiger partial charge in [0.1, 0.15) is 35.0 Å². The third kappa shape index (κ3) is 6.14. The average Bonchev–Trinajstić information content (AvgIpc) is 3.27. The Balaban J connectivity index is 1.46. The summed E-state index contributed by atoms with van der Waals surface area (Å²) in [5.41, 5.74) is 1.10. The minimum absolute atomic E-state index is 0.0564. The van der Waals surface area contributed by atoms with Crippen LogP contribution in [-0.4, -0.2) is 89.0 Å². The van der Waals surface area contributed by atoms with Gasteiger partial charge in [0.05, 0.1) is 44.4 Å². The molecule has 0 aliphatic carbocycles. The molecule has 0 spiro atoms. The van der Waals surface area contributed by atoms with Gasteiger partial charge in [0.2, 0.25) is 5.91 Å². The summed E-state index contributed by atoms with van der Waals surface area (Å²) >= 11 is 0. The number of fused-ring (bicyclic) bond motifs is 1. The summed E-state index contributed by atoms with van der Waals surface area (Å²) in [6, 6.07) is 8.91. The van der Waals surface area contributed by atoms with Crippen LogP contribution in [0.25, 0.3) is 11.0 Å². The fraction of sp³-hybridized carbons (Fsp3) is 0.515. The lowest BCUT2D eigenvalue weighted by Crippen LogP contribution is -2.54. The summed E-state index contributed by atoms with van der Waals surface area (Å²) in [5, 5.41) is 0. The minimum Gasteiger partial charge on any atom is -0.497 e. The van der Waals surface area contributed by atoms with E-state index in [2.05, 4.69) is 0 Å². The van der Waals surface area contributed by atoms with E-state index in [1.807, 2.05) is 4.90 Å². The summed E-state index contributed by atoms with van der Waals surface area (Å²) in [4.78, 5) is 57.6. The SMILES string of the molecule is COc1ccc(CN2C(=O)CCC(n3c(=O)n(C)c4c(N5CCC(N(C)C(=O)OC(C)(C)C)C(F)C5)c(OC)ccc43)C2=O)cc1. The number of hydrogen-bond donors (Lipinski definition) is 0. The van der Waals surface area contributed by atoms with Crippen LogP contribution in [0.3, 0.4) is 0 Å². The highest BCUT2D eigenvalue weighted by atomic mass is 19.1. The van der Waals surface area contributed by atoms with Crippen molar-refractivity contribution in [3.8, 4) is 11.5 Å². The highest BCUT2D eigenvalue weighted by molar-refractivity contribution is 6.01. The van der Waals surface area contributed by atoms with E-state index >= 15 is 4.39 Å². The molecule has 5 rings (SSSR count). The van der Waals surface area contributed by atoms with Crippen molar-refractivity contribution in [1.82, 2.24) is 18.9 Å². The van der Waals surface area contributed by atoms with Crippen LogP contribution in [0, 0.1) is 0 Å². The van der Waals surface area contributed by atoms with Gasteiger partial charge in [-0.05, 0) is 63.4 Å². The lowest BCUT2D eigenvalue weighted by atomic mass is 10.0. The third-order valence-corrected chi connectivity index (χ3v) is 8.70. The van der Waals surface area contributed by atoms with Crippen LogP contribution in [-0.2, 0) is 27.9 Å². The summed E-state index contributed by atoms with van der Waals surface area (Å²) in [6.45, 7) is 5.67. The molecule has 1 aromatic heterocycles. The Morgan fingerprint density at radius 3 is 2.33 bits per heavy atom. The van der Waals surface area contributed by atoms with Crippen LogP contribution >= 0.6 is 0 Å². The van der Waals surface area contributed by atoms with Crippen molar-refractivity contribution in [2.24, 2.45) is 7.05 Å². The van der Waals surface area contributed by atoms with E-state index in [4.69, 9.17) is 14.2 Å². The fourth-order valence-corrected chi connectivity index (χ4v) is 6.35. The van der Waals surface area contributed by atoms with Crippen molar-refractivity contribution in [3.63, 3.8) is 0 Å². The number of likely N-dealkylation sites (tertiary alicyclic amines) is 1. The van der Waals surface area contributed by atoms with Gasteiger partial charge in [0, 0.05) is 27.1 Å². The predicted molar refractivity (Wildman–Crippen MR) is 170 cm³/mol. The molecule has 0 saturated carbocycles. The molecule has 2 fully saturated rings. The number of nitrogens with zero attached hydrogens (tertiary/aromatic N) is 5. The molecule has 3 unspecified atom stereocenters. The van der Waals surface area contributed by atoms with Gasteiger partial charge in [0.15, 0.2) is 0 Å². The van der Waals surface area contributed by atoms with E-state index in [0.29, 0.717) is 41.2 Å². The van der Waals surface area contributed by atoms with E-state index in [9.17, 15) is 19.2 Å². The zero-order valence-corrected chi connectivity index (χ0v) is 27.4. The van der Waals surface area contributed by atoms with Gasteiger partial charge in [0.25, 0.3) is 5.91 Å². The normalized spacial score (nSPS) is 20.7. The monoisotopic (exact) mass is 639 g/mol. The number of amides is 3. The molecule has 0 radical (unpaired) electrons. The average molecular weight is 640 g/mol. The largest absolute Gasteiger partial charge is 0.497 e. The third-order valence-electron chi connectivity index (χ3n) is 8.70. The van der Waals surface area contributed by atoms with Gasteiger partial charge in [-0.1, -0.05) is 12.1 Å². The molecule has 3 aromatic rings. The second-order valence-corrected chi connectivity index (χ2v) is 12.8. The van der Waals surface area contributed by atoms with Crippen LogP contribution < -0.4 is 20.1 Å².